The fourth-order valence-electron chi connectivity index (χ4n) is 7.65. The molecule has 2 aromatic heterocycles. The van der Waals surface area contributed by atoms with E-state index < -0.39 is 43.4 Å². The van der Waals surface area contributed by atoms with Crippen LogP contribution < -0.4 is 9.47 Å². The molecule has 272 valence electrons. The molecule has 52 heavy (non-hydrogen) atoms. The number of aromatic nitrogens is 2. The maximum absolute atomic E-state index is 15.4. The standard InChI is InChI=1S/C40H44BrN3O7Si/c1-39(2,3)52(6,7)51-40-27(32(44(4)5)34-31(36(40)47)38(43-50-34)49-22-24-16-12-9-13-17-24)19-25-18-26-30(33(45)29(25)35(40)46)28(20-42-37(26)41)48-21-23-14-10-8-11-15-23/h8-17,20,25,27,32,46H,18-19,21-22H2,1-7H3/t25-,27-,32-,40-/m0/s1. The third-order valence-electron chi connectivity index (χ3n) is 11.2. The lowest BCUT2D eigenvalue weighted by molar-refractivity contribution is -0.0480. The largest absolute Gasteiger partial charge is 0.508 e. The van der Waals surface area contributed by atoms with Crippen LogP contribution in [0.1, 0.15) is 76.4 Å². The van der Waals surface area contributed by atoms with Crippen LogP contribution in [0.15, 0.2) is 87.3 Å². The van der Waals surface area contributed by atoms with Crippen LogP contribution in [0.4, 0.5) is 0 Å². The zero-order chi connectivity index (χ0) is 37.2. The Labute approximate surface area is 313 Å². The number of hydrogen-bond acceptors (Lipinski definition) is 10. The number of carbonyl (C=O) groups excluding carboxylic acids is 2. The summed E-state index contributed by atoms with van der Waals surface area (Å²) in [5.41, 5.74) is 1.23. The smallest absolute Gasteiger partial charge is 0.265 e. The molecule has 4 atom stereocenters. The molecule has 0 radical (unpaired) electrons. The number of benzene rings is 2. The lowest BCUT2D eigenvalue weighted by atomic mass is 9.58. The van der Waals surface area contributed by atoms with Crippen molar-refractivity contribution in [2.24, 2.45) is 11.8 Å². The predicted octanol–water partition coefficient (Wildman–Crippen LogP) is 8.44. The number of nitrogens with zero attached hydrogens (tertiary/aromatic N) is 3. The quantitative estimate of drug-likeness (QED) is 0.131. The Bertz CT molecular complexity index is 2060. The molecule has 0 amide bonds. The fraction of sp³-hybridized carbons (Fsp3) is 0.400. The average molecular weight is 787 g/mol. The highest BCUT2D eigenvalue weighted by atomic mass is 79.9. The van der Waals surface area contributed by atoms with Gasteiger partial charge in [0.1, 0.15) is 34.9 Å². The predicted molar refractivity (Wildman–Crippen MR) is 201 cm³/mol. The van der Waals surface area contributed by atoms with E-state index in [1.807, 2.05) is 92.8 Å². The van der Waals surface area contributed by atoms with Crippen LogP contribution >= 0.6 is 15.9 Å². The van der Waals surface area contributed by atoms with Crippen molar-refractivity contribution in [3.05, 3.63) is 116 Å². The van der Waals surface area contributed by atoms with Gasteiger partial charge in [0.25, 0.3) is 5.88 Å². The minimum absolute atomic E-state index is 0.0270. The normalized spacial score (nSPS) is 22.8. The minimum atomic E-state index is -2.85. The van der Waals surface area contributed by atoms with Crippen molar-refractivity contribution in [2.75, 3.05) is 14.1 Å². The van der Waals surface area contributed by atoms with Crippen molar-refractivity contribution < 1.29 is 33.1 Å². The monoisotopic (exact) mass is 785 g/mol. The number of halogens is 1. The molecule has 2 aromatic carbocycles. The Balaban J connectivity index is 1.40. The lowest BCUT2D eigenvalue weighted by Crippen LogP contribution is -2.65. The molecule has 2 heterocycles. The van der Waals surface area contributed by atoms with Crippen LogP contribution in [-0.4, -0.2) is 59.7 Å². The van der Waals surface area contributed by atoms with Gasteiger partial charge in [-0.15, -0.1) is 0 Å². The van der Waals surface area contributed by atoms with Gasteiger partial charge < -0.3 is 23.5 Å². The molecule has 7 rings (SSSR count). The van der Waals surface area contributed by atoms with Crippen LogP contribution in [0.3, 0.4) is 0 Å². The fourth-order valence-corrected chi connectivity index (χ4v) is 9.56. The van der Waals surface area contributed by atoms with E-state index in [4.69, 9.17) is 18.4 Å². The maximum atomic E-state index is 15.4. The number of allylic oxidation sites excluding steroid dienone is 1. The SMILES string of the molecule is CN(C)[C@@H]1c2onc(OCc3ccccc3)c2C(=O)[C@@]2(O[Si](C)(C)C(C)(C)C)C(O)=C3C(=O)c4c(OCc5ccccc5)cnc(Br)c4C[C@H]3C[C@@H]12. The van der Waals surface area contributed by atoms with E-state index >= 15 is 4.79 Å². The van der Waals surface area contributed by atoms with Gasteiger partial charge in [-0.05, 0) is 83.2 Å². The minimum Gasteiger partial charge on any atom is -0.508 e. The zero-order valence-electron chi connectivity index (χ0n) is 30.5. The highest BCUT2D eigenvalue weighted by Gasteiger charge is 2.67. The number of ketones is 2. The molecule has 4 aromatic rings. The number of fused-ring (bicyclic) bond motifs is 4. The van der Waals surface area contributed by atoms with Crippen molar-refractivity contribution in [3.63, 3.8) is 0 Å². The van der Waals surface area contributed by atoms with Crippen molar-refractivity contribution >= 4 is 35.8 Å². The van der Waals surface area contributed by atoms with Crippen molar-refractivity contribution in [1.29, 1.82) is 0 Å². The second kappa shape index (κ2) is 13.4. The van der Waals surface area contributed by atoms with Gasteiger partial charge >= 0.3 is 0 Å². The first-order chi connectivity index (χ1) is 24.7. The van der Waals surface area contributed by atoms with Crippen molar-refractivity contribution in [1.82, 2.24) is 15.0 Å². The molecule has 0 saturated heterocycles. The Morgan fingerprint density at radius 3 is 2.19 bits per heavy atom. The number of carbonyl (C=O) groups is 2. The molecule has 0 aliphatic heterocycles. The summed E-state index contributed by atoms with van der Waals surface area (Å²) in [4.78, 5) is 36.8. The van der Waals surface area contributed by atoms with Gasteiger partial charge in [0.05, 0.1) is 17.8 Å². The summed E-state index contributed by atoms with van der Waals surface area (Å²) in [5.74, 6) is -1.64. The van der Waals surface area contributed by atoms with E-state index in [0.717, 1.165) is 11.1 Å². The van der Waals surface area contributed by atoms with Crippen molar-refractivity contribution in [2.45, 2.75) is 76.6 Å². The topological polar surface area (TPSA) is 124 Å². The molecule has 0 saturated carbocycles. The van der Waals surface area contributed by atoms with E-state index in [1.54, 1.807) is 0 Å². The summed E-state index contributed by atoms with van der Waals surface area (Å²) in [6.07, 6.45) is 2.28. The van der Waals surface area contributed by atoms with Crippen LogP contribution in [-0.2, 0) is 24.1 Å². The molecular formula is C40H44BrN3O7Si. The van der Waals surface area contributed by atoms with Crippen LogP contribution in [0.25, 0.3) is 0 Å². The number of aliphatic hydroxyl groups excluding tert-OH is 1. The zero-order valence-corrected chi connectivity index (χ0v) is 33.1. The van der Waals surface area contributed by atoms with Gasteiger partial charge in [0.15, 0.2) is 25.5 Å². The average Bonchev–Trinajstić information content (AvgIpc) is 3.52. The molecule has 0 fully saturated rings. The Morgan fingerprint density at radius 1 is 0.981 bits per heavy atom. The van der Waals surface area contributed by atoms with E-state index in [9.17, 15) is 9.90 Å². The Kier molecular flexibility index (Phi) is 9.34. The molecule has 0 spiro atoms. The van der Waals surface area contributed by atoms with E-state index in [2.05, 4.69) is 46.8 Å². The maximum Gasteiger partial charge on any atom is 0.265 e. The van der Waals surface area contributed by atoms with Crippen LogP contribution in [0.5, 0.6) is 11.6 Å². The number of pyridine rings is 1. The Hall–Kier alpha value is -4.10. The van der Waals surface area contributed by atoms with E-state index in [1.165, 1.54) is 6.20 Å². The molecule has 10 nitrogen and oxygen atoms in total. The third kappa shape index (κ3) is 5.93. The summed E-state index contributed by atoms with van der Waals surface area (Å²) in [7, 11) is 0.965. The van der Waals surface area contributed by atoms with Gasteiger partial charge in [-0.1, -0.05) is 81.4 Å². The number of rotatable bonds is 9. The summed E-state index contributed by atoms with van der Waals surface area (Å²) >= 11 is 3.60. The number of aliphatic hydroxyl groups is 1. The molecule has 12 heteroatoms. The first kappa shape index (κ1) is 36.3. The molecular weight excluding hydrogens is 742 g/mol. The van der Waals surface area contributed by atoms with Gasteiger partial charge in [-0.25, -0.2) is 4.98 Å². The second-order valence-electron chi connectivity index (χ2n) is 15.7. The molecule has 0 unspecified atom stereocenters. The number of Topliss-reactive ketones (excluding diaryl/α,β-unsaturated/α-hetero) is 2. The third-order valence-corrected chi connectivity index (χ3v) is 16.4. The first-order valence-electron chi connectivity index (χ1n) is 17.6. The highest BCUT2D eigenvalue weighted by Crippen LogP contribution is 2.60. The summed E-state index contributed by atoms with van der Waals surface area (Å²) in [6, 6.07) is 18.7. The number of ether oxygens (including phenoxy) is 2. The first-order valence-corrected chi connectivity index (χ1v) is 21.3. The van der Waals surface area contributed by atoms with Crippen LogP contribution in [0.2, 0.25) is 18.1 Å². The number of hydrogen-bond donors (Lipinski definition) is 1. The van der Waals surface area contributed by atoms with Crippen molar-refractivity contribution in [3.8, 4) is 11.6 Å². The van der Waals surface area contributed by atoms with E-state index in [0.29, 0.717) is 40.1 Å². The lowest BCUT2D eigenvalue weighted by Gasteiger charge is -2.55. The van der Waals surface area contributed by atoms with Gasteiger partial charge in [-0.3, -0.25) is 14.5 Å². The Morgan fingerprint density at radius 2 is 1.60 bits per heavy atom. The summed E-state index contributed by atoms with van der Waals surface area (Å²) in [5, 5.41) is 16.8. The molecule has 3 aliphatic carbocycles. The molecule has 1 N–H and O–H groups in total. The molecule has 3 aliphatic rings. The molecule has 0 bridgehead atoms. The summed E-state index contributed by atoms with van der Waals surface area (Å²) < 4.78 is 26.2. The van der Waals surface area contributed by atoms with Gasteiger partial charge in [0.2, 0.25) is 5.78 Å². The van der Waals surface area contributed by atoms with Gasteiger partial charge in [-0.2, -0.15) is 0 Å². The van der Waals surface area contributed by atoms with E-state index in [-0.39, 0.29) is 41.0 Å². The summed E-state index contributed by atoms with van der Waals surface area (Å²) in [6.45, 7) is 10.7. The highest BCUT2D eigenvalue weighted by molar-refractivity contribution is 9.10. The van der Waals surface area contributed by atoms with Crippen LogP contribution in [0, 0.1) is 11.8 Å². The second-order valence-corrected chi connectivity index (χ2v) is 21.2. The van der Waals surface area contributed by atoms with Gasteiger partial charge in [0, 0.05) is 17.1 Å².